The van der Waals surface area contributed by atoms with Gasteiger partial charge in [0.05, 0.1) is 5.69 Å². The second-order valence-electron chi connectivity index (χ2n) is 5.34. The van der Waals surface area contributed by atoms with Gasteiger partial charge in [-0.3, -0.25) is 4.79 Å². The summed E-state index contributed by atoms with van der Waals surface area (Å²) < 4.78 is 1.62. The third-order valence-corrected chi connectivity index (χ3v) is 3.91. The van der Waals surface area contributed by atoms with E-state index in [-0.39, 0.29) is 5.91 Å². The van der Waals surface area contributed by atoms with Gasteiger partial charge in [0.1, 0.15) is 18.7 Å². The molecule has 7 nitrogen and oxygen atoms in total. The minimum atomic E-state index is -0.943. The highest BCUT2D eigenvalue weighted by Crippen LogP contribution is 2.22. The number of amides is 1. The predicted octanol–water partition coefficient (Wildman–Crippen LogP) is 1.26. The maximum Gasteiger partial charge on any atom is 0.326 e. The van der Waals surface area contributed by atoms with Gasteiger partial charge >= 0.3 is 5.97 Å². The average molecular weight is 300 g/mol. The lowest BCUT2D eigenvalue weighted by molar-refractivity contribution is -0.141. The molecule has 7 heteroatoms. The first-order chi connectivity index (χ1) is 10.6. The van der Waals surface area contributed by atoms with E-state index in [2.05, 4.69) is 10.1 Å². The van der Waals surface area contributed by atoms with Crippen molar-refractivity contribution in [3.05, 3.63) is 42.0 Å². The molecular formula is C15H16N4O3. The minimum absolute atomic E-state index is 0.238. The number of carboxylic acids is 1. The third-order valence-electron chi connectivity index (χ3n) is 3.91. The lowest BCUT2D eigenvalue weighted by atomic mass is 10.1. The molecule has 1 aromatic carbocycles. The summed E-state index contributed by atoms with van der Waals surface area (Å²) in [5, 5.41) is 13.3. The van der Waals surface area contributed by atoms with Crippen LogP contribution in [0.2, 0.25) is 0 Å². The van der Waals surface area contributed by atoms with Crippen LogP contribution in [0.5, 0.6) is 0 Å². The fourth-order valence-electron chi connectivity index (χ4n) is 2.81. The number of aryl methyl sites for hydroxylation is 1. The molecule has 2 heterocycles. The Labute approximate surface area is 127 Å². The van der Waals surface area contributed by atoms with Gasteiger partial charge in [-0.1, -0.05) is 0 Å². The summed E-state index contributed by atoms with van der Waals surface area (Å²) in [7, 11) is 0. The number of aromatic nitrogens is 3. The van der Waals surface area contributed by atoms with Crippen molar-refractivity contribution >= 4 is 11.9 Å². The molecule has 0 bridgehead atoms. The van der Waals surface area contributed by atoms with Crippen molar-refractivity contribution in [3.63, 3.8) is 0 Å². The highest BCUT2D eigenvalue weighted by molar-refractivity contribution is 5.97. The SMILES string of the molecule is Cc1cc(C(=O)N2CCC[C@H]2C(=O)O)ccc1-n1cncn1. The Balaban J connectivity index is 1.88. The maximum atomic E-state index is 12.5. The van der Waals surface area contributed by atoms with Crippen LogP contribution in [0.15, 0.2) is 30.9 Å². The molecule has 1 aliphatic rings. The van der Waals surface area contributed by atoms with Crippen molar-refractivity contribution < 1.29 is 14.7 Å². The standard InChI is InChI=1S/C15H16N4O3/c1-10-7-11(4-5-12(10)19-9-16-8-17-19)14(20)18-6-2-3-13(18)15(21)22/h4-5,7-9,13H,2-3,6H2,1H3,(H,21,22)/t13-/m0/s1. The molecule has 0 saturated carbocycles. The van der Waals surface area contributed by atoms with E-state index < -0.39 is 12.0 Å². The summed E-state index contributed by atoms with van der Waals surface area (Å²) in [6, 6.07) is 4.53. The Morgan fingerprint density at radius 2 is 2.18 bits per heavy atom. The number of hydrogen-bond donors (Lipinski definition) is 1. The Morgan fingerprint density at radius 1 is 1.36 bits per heavy atom. The van der Waals surface area contributed by atoms with Crippen LogP contribution in [0.25, 0.3) is 5.69 Å². The van der Waals surface area contributed by atoms with E-state index in [9.17, 15) is 14.7 Å². The molecule has 1 saturated heterocycles. The van der Waals surface area contributed by atoms with E-state index in [4.69, 9.17) is 0 Å². The van der Waals surface area contributed by atoms with E-state index in [1.54, 1.807) is 29.2 Å². The topological polar surface area (TPSA) is 88.3 Å². The molecular weight excluding hydrogens is 284 g/mol. The molecule has 1 aromatic heterocycles. The molecule has 0 aliphatic carbocycles. The third kappa shape index (κ3) is 2.45. The van der Waals surface area contributed by atoms with Crippen molar-refractivity contribution in [1.29, 1.82) is 0 Å². The normalized spacial score (nSPS) is 17.7. The van der Waals surface area contributed by atoms with Gasteiger partial charge in [-0.25, -0.2) is 14.5 Å². The van der Waals surface area contributed by atoms with Gasteiger partial charge in [0.15, 0.2) is 0 Å². The summed E-state index contributed by atoms with van der Waals surface area (Å²) in [6.45, 7) is 2.37. The molecule has 0 unspecified atom stereocenters. The van der Waals surface area contributed by atoms with Gasteiger partial charge in [-0.15, -0.1) is 0 Å². The number of benzene rings is 1. The zero-order valence-corrected chi connectivity index (χ0v) is 12.1. The van der Waals surface area contributed by atoms with E-state index >= 15 is 0 Å². The van der Waals surface area contributed by atoms with E-state index in [1.807, 2.05) is 6.92 Å². The smallest absolute Gasteiger partial charge is 0.326 e. The van der Waals surface area contributed by atoms with Crippen LogP contribution in [0.1, 0.15) is 28.8 Å². The molecule has 2 aromatic rings. The van der Waals surface area contributed by atoms with Crippen LogP contribution in [-0.2, 0) is 4.79 Å². The Kier molecular flexibility index (Phi) is 3.62. The first-order valence-electron chi connectivity index (χ1n) is 7.07. The number of rotatable bonds is 3. The van der Waals surface area contributed by atoms with Gasteiger partial charge in [0.2, 0.25) is 0 Å². The van der Waals surface area contributed by atoms with Crippen LogP contribution in [-0.4, -0.2) is 49.2 Å². The molecule has 1 amide bonds. The summed E-state index contributed by atoms with van der Waals surface area (Å²) >= 11 is 0. The summed E-state index contributed by atoms with van der Waals surface area (Å²) in [5.41, 5.74) is 2.21. The first kappa shape index (κ1) is 14.2. The van der Waals surface area contributed by atoms with E-state index in [1.165, 1.54) is 11.2 Å². The van der Waals surface area contributed by atoms with E-state index in [0.29, 0.717) is 18.5 Å². The van der Waals surface area contributed by atoms with Crippen molar-refractivity contribution in [2.24, 2.45) is 0 Å². The molecule has 0 spiro atoms. The molecule has 0 radical (unpaired) electrons. The quantitative estimate of drug-likeness (QED) is 0.922. The van der Waals surface area contributed by atoms with Crippen molar-refractivity contribution in [1.82, 2.24) is 19.7 Å². The molecule has 1 N–H and O–H groups in total. The minimum Gasteiger partial charge on any atom is -0.480 e. The van der Waals surface area contributed by atoms with Crippen LogP contribution in [0, 0.1) is 6.92 Å². The number of aliphatic carboxylic acids is 1. The van der Waals surface area contributed by atoms with Crippen LogP contribution in [0.4, 0.5) is 0 Å². The Hall–Kier alpha value is -2.70. The van der Waals surface area contributed by atoms with Gasteiger partial charge in [0.25, 0.3) is 5.91 Å². The van der Waals surface area contributed by atoms with E-state index in [0.717, 1.165) is 17.7 Å². The molecule has 22 heavy (non-hydrogen) atoms. The Bertz CT molecular complexity index is 712. The Morgan fingerprint density at radius 3 is 2.82 bits per heavy atom. The van der Waals surface area contributed by atoms with Crippen molar-refractivity contribution in [2.45, 2.75) is 25.8 Å². The number of nitrogens with zero attached hydrogens (tertiary/aromatic N) is 4. The number of likely N-dealkylation sites (tertiary alicyclic amines) is 1. The fourth-order valence-corrected chi connectivity index (χ4v) is 2.81. The lowest BCUT2D eigenvalue weighted by Gasteiger charge is -2.21. The number of carbonyl (C=O) groups is 2. The van der Waals surface area contributed by atoms with Crippen molar-refractivity contribution in [2.75, 3.05) is 6.54 Å². The molecule has 1 aliphatic heterocycles. The zero-order chi connectivity index (χ0) is 15.7. The van der Waals surface area contributed by atoms with Gasteiger partial charge < -0.3 is 10.0 Å². The number of carboxylic acid groups (broad SMARTS) is 1. The second kappa shape index (κ2) is 5.59. The van der Waals surface area contributed by atoms with Gasteiger partial charge in [0, 0.05) is 12.1 Å². The predicted molar refractivity (Wildman–Crippen MR) is 77.8 cm³/mol. The monoisotopic (exact) mass is 300 g/mol. The number of hydrogen-bond acceptors (Lipinski definition) is 4. The van der Waals surface area contributed by atoms with Gasteiger partial charge in [-0.2, -0.15) is 5.10 Å². The van der Waals surface area contributed by atoms with Crippen LogP contribution >= 0.6 is 0 Å². The van der Waals surface area contributed by atoms with Crippen LogP contribution in [0.3, 0.4) is 0 Å². The summed E-state index contributed by atoms with van der Waals surface area (Å²) in [6.07, 6.45) is 4.26. The summed E-state index contributed by atoms with van der Waals surface area (Å²) in [5.74, 6) is -1.18. The molecule has 3 rings (SSSR count). The largest absolute Gasteiger partial charge is 0.480 e. The van der Waals surface area contributed by atoms with Crippen molar-refractivity contribution in [3.8, 4) is 5.69 Å². The number of carbonyl (C=O) groups excluding carboxylic acids is 1. The van der Waals surface area contributed by atoms with Gasteiger partial charge in [-0.05, 0) is 43.5 Å². The summed E-state index contributed by atoms with van der Waals surface area (Å²) in [4.78, 5) is 29.1. The van der Waals surface area contributed by atoms with Crippen LogP contribution < -0.4 is 0 Å². The molecule has 114 valence electrons. The zero-order valence-electron chi connectivity index (χ0n) is 12.1. The lowest BCUT2D eigenvalue weighted by Crippen LogP contribution is -2.40. The highest BCUT2D eigenvalue weighted by atomic mass is 16.4. The molecule has 1 atom stereocenters. The molecule has 1 fully saturated rings. The highest BCUT2D eigenvalue weighted by Gasteiger charge is 2.34. The maximum absolute atomic E-state index is 12.5. The first-order valence-corrected chi connectivity index (χ1v) is 7.07. The average Bonchev–Trinajstić information content (AvgIpc) is 3.17. The fraction of sp³-hybridized carbons (Fsp3) is 0.333. The second-order valence-corrected chi connectivity index (χ2v) is 5.34.